The Morgan fingerprint density at radius 3 is 2.44 bits per heavy atom. The lowest BCUT2D eigenvalue weighted by molar-refractivity contribution is 1.33. The highest BCUT2D eigenvalue weighted by Gasteiger charge is 2.11. The van der Waals surface area contributed by atoms with Crippen molar-refractivity contribution in [1.82, 2.24) is 0 Å². The van der Waals surface area contributed by atoms with Crippen LogP contribution in [0.3, 0.4) is 0 Å². The van der Waals surface area contributed by atoms with Crippen LogP contribution in [0, 0.1) is 0 Å². The van der Waals surface area contributed by atoms with E-state index in [0.29, 0.717) is 0 Å². The molecule has 0 unspecified atom stereocenters. The van der Waals surface area contributed by atoms with Gasteiger partial charge in [-0.2, -0.15) is 0 Å². The molecule has 3 rings (SSSR count). The summed E-state index contributed by atoms with van der Waals surface area (Å²) in [7, 11) is 0. The maximum absolute atomic E-state index is 3.88. The monoisotopic (exact) mass is 250 g/mol. The summed E-state index contributed by atoms with van der Waals surface area (Å²) < 4.78 is 1.35. The number of hydrogen-bond donors (Lipinski definition) is 0. The summed E-state index contributed by atoms with van der Waals surface area (Å²) in [6.45, 7) is 3.88. The molecule has 0 radical (unpaired) electrons. The molecule has 3 aromatic rings. The van der Waals surface area contributed by atoms with Gasteiger partial charge in [-0.15, -0.1) is 17.9 Å². The number of benzene rings is 2. The lowest BCUT2D eigenvalue weighted by Crippen LogP contribution is -1.82. The van der Waals surface area contributed by atoms with Crippen molar-refractivity contribution in [2.45, 2.75) is 6.42 Å². The van der Waals surface area contributed by atoms with Crippen LogP contribution in [-0.4, -0.2) is 0 Å². The fraction of sp³-hybridized carbons (Fsp3) is 0.0588. The Bertz CT molecular complexity index is 677. The minimum Gasteiger partial charge on any atom is -0.135 e. The maximum atomic E-state index is 3.88. The van der Waals surface area contributed by atoms with Gasteiger partial charge in [0.05, 0.1) is 0 Å². The summed E-state index contributed by atoms with van der Waals surface area (Å²) in [4.78, 5) is 1.37. The van der Waals surface area contributed by atoms with E-state index >= 15 is 0 Å². The standard InChI is InChI=1S/C17H14S/c1-2-8-15-14-11-6-7-12-16(14)18-17(15)13-9-4-3-5-10-13/h2-7,9-12H,1,8H2. The molecule has 0 bridgehead atoms. The van der Waals surface area contributed by atoms with Crippen LogP contribution in [0.4, 0.5) is 0 Å². The van der Waals surface area contributed by atoms with Gasteiger partial charge in [0.1, 0.15) is 0 Å². The Labute approximate surface area is 111 Å². The summed E-state index contributed by atoms with van der Waals surface area (Å²) >= 11 is 1.87. The van der Waals surface area contributed by atoms with Gasteiger partial charge in [-0.25, -0.2) is 0 Å². The molecule has 0 fully saturated rings. The van der Waals surface area contributed by atoms with Crippen LogP contribution < -0.4 is 0 Å². The summed E-state index contributed by atoms with van der Waals surface area (Å²) in [6.07, 6.45) is 2.91. The highest BCUT2D eigenvalue weighted by molar-refractivity contribution is 7.22. The number of fused-ring (bicyclic) bond motifs is 1. The lowest BCUT2D eigenvalue weighted by atomic mass is 10.0. The van der Waals surface area contributed by atoms with Gasteiger partial charge in [0.2, 0.25) is 0 Å². The van der Waals surface area contributed by atoms with Crippen molar-refractivity contribution in [3.8, 4) is 10.4 Å². The second-order valence-corrected chi connectivity index (χ2v) is 5.32. The molecular formula is C17H14S. The van der Waals surface area contributed by atoms with Crippen LogP contribution in [0.15, 0.2) is 67.3 Å². The summed E-state index contributed by atoms with van der Waals surface area (Å²) in [5.74, 6) is 0. The van der Waals surface area contributed by atoms with Crippen molar-refractivity contribution < 1.29 is 0 Å². The topological polar surface area (TPSA) is 0 Å². The Morgan fingerprint density at radius 2 is 1.67 bits per heavy atom. The first-order valence-corrected chi connectivity index (χ1v) is 6.88. The lowest BCUT2D eigenvalue weighted by Gasteiger charge is -2.02. The minimum atomic E-state index is 0.925. The Hall–Kier alpha value is -1.86. The summed E-state index contributed by atoms with van der Waals surface area (Å²) in [5, 5.41) is 1.36. The van der Waals surface area contributed by atoms with Gasteiger partial charge in [0, 0.05) is 9.58 Å². The molecule has 18 heavy (non-hydrogen) atoms. The molecule has 0 saturated heterocycles. The summed E-state index contributed by atoms with van der Waals surface area (Å²) in [6, 6.07) is 19.2. The third-order valence-corrected chi connectivity index (χ3v) is 4.34. The molecule has 0 N–H and O–H groups in total. The Kier molecular flexibility index (Phi) is 2.99. The third-order valence-electron chi connectivity index (χ3n) is 3.08. The molecule has 0 nitrogen and oxygen atoms in total. The molecule has 1 heterocycles. The average Bonchev–Trinajstić information content (AvgIpc) is 2.80. The molecule has 0 aliphatic rings. The number of rotatable bonds is 3. The van der Waals surface area contributed by atoms with E-state index in [0.717, 1.165) is 6.42 Å². The number of allylic oxidation sites excluding steroid dienone is 1. The first-order valence-electron chi connectivity index (χ1n) is 6.07. The van der Waals surface area contributed by atoms with Crippen molar-refractivity contribution in [3.05, 3.63) is 72.8 Å². The molecule has 0 aliphatic carbocycles. The molecule has 1 aromatic heterocycles. The normalized spacial score (nSPS) is 10.7. The quantitative estimate of drug-likeness (QED) is 0.553. The van der Waals surface area contributed by atoms with E-state index < -0.39 is 0 Å². The molecule has 0 spiro atoms. The van der Waals surface area contributed by atoms with Gasteiger partial charge in [-0.1, -0.05) is 54.6 Å². The Morgan fingerprint density at radius 1 is 0.944 bits per heavy atom. The van der Waals surface area contributed by atoms with E-state index in [4.69, 9.17) is 0 Å². The van der Waals surface area contributed by atoms with Crippen LogP contribution in [0.5, 0.6) is 0 Å². The van der Waals surface area contributed by atoms with Crippen LogP contribution >= 0.6 is 11.3 Å². The first-order chi connectivity index (χ1) is 8.90. The molecule has 1 heteroatoms. The number of hydrogen-bond acceptors (Lipinski definition) is 1. The van der Waals surface area contributed by atoms with Crippen molar-refractivity contribution in [2.24, 2.45) is 0 Å². The highest BCUT2D eigenvalue weighted by atomic mass is 32.1. The van der Waals surface area contributed by atoms with Gasteiger partial charge < -0.3 is 0 Å². The smallest absolute Gasteiger partial charge is 0.0390 e. The van der Waals surface area contributed by atoms with E-state index in [1.807, 2.05) is 17.4 Å². The maximum Gasteiger partial charge on any atom is 0.0390 e. The van der Waals surface area contributed by atoms with Gasteiger partial charge in [0.25, 0.3) is 0 Å². The molecule has 88 valence electrons. The zero-order valence-corrected chi connectivity index (χ0v) is 10.9. The van der Waals surface area contributed by atoms with E-state index in [1.54, 1.807) is 0 Å². The van der Waals surface area contributed by atoms with Gasteiger partial charge >= 0.3 is 0 Å². The average molecular weight is 250 g/mol. The molecule has 0 saturated carbocycles. The van der Waals surface area contributed by atoms with Gasteiger partial charge in [-0.3, -0.25) is 0 Å². The largest absolute Gasteiger partial charge is 0.135 e. The molecule has 0 atom stereocenters. The zero-order valence-electron chi connectivity index (χ0n) is 10.1. The first kappa shape index (κ1) is 11.2. The fourth-order valence-corrected chi connectivity index (χ4v) is 3.51. The van der Waals surface area contributed by atoms with Crippen molar-refractivity contribution >= 4 is 21.4 Å². The van der Waals surface area contributed by atoms with E-state index in [1.165, 1.54) is 26.1 Å². The van der Waals surface area contributed by atoms with Gasteiger partial charge in [-0.05, 0) is 29.0 Å². The summed E-state index contributed by atoms with van der Waals surface area (Å²) in [5.41, 5.74) is 2.70. The third kappa shape index (κ3) is 1.87. The van der Waals surface area contributed by atoms with Crippen LogP contribution in [0.2, 0.25) is 0 Å². The molecule has 0 aliphatic heterocycles. The van der Waals surface area contributed by atoms with E-state index in [-0.39, 0.29) is 0 Å². The van der Waals surface area contributed by atoms with Crippen molar-refractivity contribution in [2.75, 3.05) is 0 Å². The Balaban J connectivity index is 2.28. The minimum absolute atomic E-state index is 0.925. The van der Waals surface area contributed by atoms with Crippen molar-refractivity contribution in [1.29, 1.82) is 0 Å². The van der Waals surface area contributed by atoms with Crippen LogP contribution in [0.25, 0.3) is 20.5 Å². The fourth-order valence-electron chi connectivity index (χ4n) is 2.27. The highest BCUT2D eigenvalue weighted by Crippen LogP contribution is 2.38. The molecule has 0 amide bonds. The van der Waals surface area contributed by atoms with Gasteiger partial charge in [0.15, 0.2) is 0 Å². The predicted octanol–water partition coefficient (Wildman–Crippen LogP) is 5.30. The van der Waals surface area contributed by atoms with Crippen LogP contribution in [-0.2, 0) is 6.42 Å². The SMILES string of the molecule is C=CCc1c(-c2ccccc2)sc2ccccc12. The van der Waals surface area contributed by atoms with E-state index in [9.17, 15) is 0 Å². The van der Waals surface area contributed by atoms with Crippen molar-refractivity contribution in [3.63, 3.8) is 0 Å². The molecule has 2 aromatic carbocycles. The predicted molar refractivity (Wildman–Crippen MR) is 81.2 cm³/mol. The van der Waals surface area contributed by atoms with Crippen LogP contribution in [0.1, 0.15) is 5.56 Å². The molecular weight excluding hydrogens is 236 g/mol. The number of thiophene rings is 1. The second kappa shape index (κ2) is 4.79. The van der Waals surface area contributed by atoms with E-state index in [2.05, 4.69) is 61.2 Å². The second-order valence-electron chi connectivity index (χ2n) is 4.26. The zero-order chi connectivity index (χ0) is 12.4.